The molecule has 2 aromatic rings. The van der Waals surface area contributed by atoms with Crippen molar-refractivity contribution in [2.45, 2.75) is 26.8 Å². The van der Waals surface area contributed by atoms with E-state index in [0.29, 0.717) is 11.5 Å². The van der Waals surface area contributed by atoms with Gasteiger partial charge >= 0.3 is 5.97 Å². The summed E-state index contributed by atoms with van der Waals surface area (Å²) < 4.78 is 1.79. The molecule has 2 aromatic heterocycles. The molecular formula is C14H18N4O3. The summed E-state index contributed by atoms with van der Waals surface area (Å²) in [6.45, 7) is 4.91. The topological polar surface area (TPSA) is 96.6 Å². The number of amides is 1. The van der Waals surface area contributed by atoms with Crippen molar-refractivity contribution >= 4 is 17.5 Å². The third kappa shape index (κ3) is 3.01. The van der Waals surface area contributed by atoms with E-state index in [4.69, 9.17) is 5.11 Å². The Hall–Kier alpha value is -2.44. The lowest BCUT2D eigenvalue weighted by molar-refractivity contribution is -0.146. The quantitative estimate of drug-likeness (QED) is 0.864. The Morgan fingerprint density at radius 1 is 1.19 bits per heavy atom. The van der Waals surface area contributed by atoms with Crippen LogP contribution in [0, 0.1) is 11.8 Å². The molecular weight excluding hydrogens is 272 g/mol. The second kappa shape index (κ2) is 5.90. The summed E-state index contributed by atoms with van der Waals surface area (Å²) in [6.07, 6.45) is 1.82. The van der Waals surface area contributed by atoms with Gasteiger partial charge in [0, 0.05) is 12.1 Å². The number of nitrogens with zero attached hydrogens (tertiary/aromatic N) is 3. The van der Waals surface area contributed by atoms with Crippen molar-refractivity contribution in [3.63, 3.8) is 0 Å². The number of aliphatic carboxylic acids is 1. The van der Waals surface area contributed by atoms with Crippen LogP contribution in [0.3, 0.4) is 0 Å². The van der Waals surface area contributed by atoms with Gasteiger partial charge in [-0.25, -0.2) is 0 Å². The fraction of sp³-hybridized carbons (Fsp3) is 0.429. The van der Waals surface area contributed by atoms with Crippen molar-refractivity contribution in [2.24, 2.45) is 11.8 Å². The number of aromatic nitrogens is 3. The zero-order valence-electron chi connectivity index (χ0n) is 12.1. The molecule has 112 valence electrons. The molecule has 0 aliphatic carbocycles. The molecule has 2 N–H and O–H groups in total. The van der Waals surface area contributed by atoms with Crippen molar-refractivity contribution < 1.29 is 14.7 Å². The largest absolute Gasteiger partial charge is 0.481 e. The molecule has 0 aromatic carbocycles. The number of hydrogen-bond acceptors (Lipinski definition) is 4. The Bertz CT molecular complexity index is 667. The highest BCUT2D eigenvalue weighted by molar-refractivity contribution is 5.84. The molecule has 3 unspecified atom stereocenters. The molecule has 7 nitrogen and oxygen atoms in total. The highest BCUT2D eigenvalue weighted by atomic mass is 16.4. The highest BCUT2D eigenvalue weighted by Crippen LogP contribution is 2.15. The molecule has 0 saturated carbocycles. The minimum absolute atomic E-state index is 0.315. The van der Waals surface area contributed by atoms with Crippen LogP contribution in [0.2, 0.25) is 0 Å². The van der Waals surface area contributed by atoms with Gasteiger partial charge in [-0.15, -0.1) is 10.2 Å². The predicted octanol–water partition coefficient (Wildman–Crippen LogP) is 1.26. The average Bonchev–Trinajstić information content (AvgIpc) is 2.89. The van der Waals surface area contributed by atoms with Crippen molar-refractivity contribution in [3.8, 4) is 0 Å². The number of carbonyl (C=O) groups is 2. The first-order chi connectivity index (χ1) is 9.91. The number of nitrogens with one attached hydrogen (secondary N) is 1. The summed E-state index contributed by atoms with van der Waals surface area (Å²) in [5.74, 6) is -2.06. The van der Waals surface area contributed by atoms with Crippen LogP contribution in [-0.2, 0) is 9.59 Å². The van der Waals surface area contributed by atoms with Gasteiger partial charge in [0.2, 0.25) is 5.91 Å². The van der Waals surface area contributed by atoms with Gasteiger partial charge in [0.25, 0.3) is 0 Å². The summed E-state index contributed by atoms with van der Waals surface area (Å²) in [6, 6.07) is 5.16. The summed E-state index contributed by atoms with van der Waals surface area (Å²) in [5.41, 5.74) is 0.695. The number of carboxylic acid groups (broad SMARTS) is 1. The molecule has 0 bridgehead atoms. The Labute approximate surface area is 122 Å². The number of rotatable bonds is 5. The first-order valence-corrected chi connectivity index (χ1v) is 6.74. The molecule has 1 amide bonds. The number of fused-ring (bicyclic) bond motifs is 1. The summed E-state index contributed by atoms with van der Waals surface area (Å²) in [7, 11) is 0. The molecule has 0 radical (unpaired) electrons. The van der Waals surface area contributed by atoms with E-state index in [1.165, 1.54) is 6.92 Å². The molecule has 7 heteroatoms. The maximum Gasteiger partial charge on any atom is 0.307 e. The smallest absolute Gasteiger partial charge is 0.307 e. The monoisotopic (exact) mass is 290 g/mol. The molecule has 0 spiro atoms. The van der Waals surface area contributed by atoms with Crippen LogP contribution in [0.25, 0.3) is 5.65 Å². The van der Waals surface area contributed by atoms with E-state index in [-0.39, 0.29) is 11.9 Å². The van der Waals surface area contributed by atoms with Gasteiger partial charge in [-0.3, -0.25) is 14.0 Å². The normalized spacial score (nSPS) is 15.4. The minimum Gasteiger partial charge on any atom is -0.481 e. The van der Waals surface area contributed by atoms with Crippen LogP contribution in [0.4, 0.5) is 0 Å². The van der Waals surface area contributed by atoms with Crippen LogP contribution in [0.5, 0.6) is 0 Å². The predicted molar refractivity (Wildman–Crippen MR) is 75.5 cm³/mol. The molecule has 21 heavy (non-hydrogen) atoms. The lowest BCUT2D eigenvalue weighted by Crippen LogP contribution is -2.37. The minimum atomic E-state index is -0.988. The van der Waals surface area contributed by atoms with Gasteiger partial charge in [-0.1, -0.05) is 19.9 Å². The molecule has 2 heterocycles. The summed E-state index contributed by atoms with van der Waals surface area (Å²) in [5, 5.41) is 19.8. The van der Waals surface area contributed by atoms with E-state index in [0.717, 1.165) is 0 Å². The van der Waals surface area contributed by atoms with Crippen molar-refractivity contribution in [1.29, 1.82) is 0 Å². The van der Waals surface area contributed by atoms with Crippen LogP contribution in [0.1, 0.15) is 32.6 Å². The van der Waals surface area contributed by atoms with E-state index < -0.39 is 17.8 Å². The highest BCUT2D eigenvalue weighted by Gasteiger charge is 2.27. The second-order valence-electron chi connectivity index (χ2n) is 5.13. The summed E-state index contributed by atoms with van der Waals surface area (Å²) >= 11 is 0. The van der Waals surface area contributed by atoms with Gasteiger partial charge < -0.3 is 10.4 Å². The Kier molecular flexibility index (Phi) is 4.21. The molecule has 3 atom stereocenters. The maximum atomic E-state index is 12.1. The van der Waals surface area contributed by atoms with Gasteiger partial charge in [0.1, 0.15) is 0 Å². The number of carboxylic acids is 1. The first-order valence-electron chi connectivity index (χ1n) is 6.74. The number of carbonyl (C=O) groups excluding carboxylic acids is 1. The maximum absolute atomic E-state index is 12.1. The van der Waals surface area contributed by atoms with E-state index in [1.807, 2.05) is 24.4 Å². The van der Waals surface area contributed by atoms with E-state index >= 15 is 0 Å². The van der Waals surface area contributed by atoms with Gasteiger partial charge in [-0.05, 0) is 19.1 Å². The van der Waals surface area contributed by atoms with E-state index in [1.54, 1.807) is 18.2 Å². The van der Waals surface area contributed by atoms with Crippen LogP contribution in [-0.4, -0.2) is 31.6 Å². The molecule has 0 aliphatic heterocycles. The zero-order chi connectivity index (χ0) is 15.6. The molecule has 0 fully saturated rings. The second-order valence-corrected chi connectivity index (χ2v) is 5.13. The Balaban J connectivity index is 2.12. The van der Waals surface area contributed by atoms with Crippen molar-refractivity contribution in [3.05, 3.63) is 30.2 Å². The molecule has 0 saturated heterocycles. The number of pyridine rings is 1. The standard InChI is InChI=1S/C14H18N4O3/c1-8(9(2)14(20)21)13(19)15-10(3)12-17-16-11-6-4-5-7-18(11)12/h4-10H,1-3H3,(H,15,19)(H,20,21). The molecule has 0 aliphatic rings. The van der Waals surface area contributed by atoms with Crippen LogP contribution in [0.15, 0.2) is 24.4 Å². The summed E-state index contributed by atoms with van der Waals surface area (Å²) in [4.78, 5) is 23.0. The zero-order valence-corrected chi connectivity index (χ0v) is 12.1. The van der Waals surface area contributed by atoms with Gasteiger partial charge in [0.15, 0.2) is 11.5 Å². The van der Waals surface area contributed by atoms with E-state index in [9.17, 15) is 9.59 Å². The van der Waals surface area contributed by atoms with Gasteiger partial charge in [0.05, 0.1) is 12.0 Å². The van der Waals surface area contributed by atoms with Crippen LogP contribution < -0.4 is 5.32 Å². The molecule has 2 rings (SSSR count). The third-order valence-electron chi connectivity index (χ3n) is 3.64. The Morgan fingerprint density at radius 3 is 2.57 bits per heavy atom. The fourth-order valence-corrected chi connectivity index (χ4v) is 2.01. The lowest BCUT2D eigenvalue weighted by Gasteiger charge is -2.19. The van der Waals surface area contributed by atoms with Crippen molar-refractivity contribution in [1.82, 2.24) is 19.9 Å². The number of hydrogen-bond donors (Lipinski definition) is 2. The van der Waals surface area contributed by atoms with E-state index in [2.05, 4.69) is 15.5 Å². The lowest BCUT2D eigenvalue weighted by atomic mass is 9.95. The first kappa shape index (κ1) is 15.0. The van der Waals surface area contributed by atoms with Crippen LogP contribution >= 0.6 is 0 Å². The Morgan fingerprint density at radius 2 is 1.90 bits per heavy atom. The van der Waals surface area contributed by atoms with Gasteiger partial charge in [-0.2, -0.15) is 0 Å². The SMILES string of the molecule is CC(NC(=O)C(C)C(C)C(=O)O)c1nnc2ccccn12. The average molecular weight is 290 g/mol. The third-order valence-corrected chi connectivity index (χ3v) is 3.64. The van der Waals surface area contributed by atoms with Crippen molar-refractivity contribution in [2.75, 3.05) is 0 Å². The fourth-order valence-electron chi connectivity index (χ4n) is 2.01.